The molecule has 0 saturated carbocycles. The number of rotatable bonds is 4. The average molecular weight is 388 g/mol. The first-order valence-corrected chi connectivity index (χ1v) is 8.78. The lowest BCUT2D eigenvalue weighted by atomic mass is 10.2. The first kappa shape index (κ1) is 18.2. The van der Waals surface area contributed by atoms with Crippen LogP contribution in [0.1, 0.15) is 18.4 Å². The summed E-state index contributed by atoms with van der Waals surface area (Å²) in [4.78, 5) is 23.1. The monoisotopic (exact) mass is 387 g/mol. The zero-order valence-electron chi connectivity index (χ0n) is 13.7. The van der Waals surface area contributed by atoms with E-state index in [2.05, 4.69) is 20.2 Å². The molecule has 1 aromatic heterocycles. The Labute approximate surface area is 161 Å². The zero-order chi connectivity index (χ0) is 18.5. The van der Waals surface area contributed by atoms with E-state index >= 15 is 0 Å². The number of hydrogen-bond donors (Lipinski definition) is 1. The van der Waals surface area contributed by atoms with Gasteiger partial charge in [-0.05, 0) is 31.1 Å². The fourth-order valence-corrected chi connectivity index (χ4v) is 2.94. The lowest BCUT2D eigenvalue weighted by Crippen LogP contribution is -2.20. The van der Waals surface area contributed by atoms with Crippen molar-refractivity contribution in [3.05, 3.63) is 51.8 Å². The fourth-order valence-electron chi connectivity index (χ4n) is 2.59. The summed E-state index contributed by atoms with van der Waals surface area (Å²) in [6.07, 6.45) is 6.89. The number of hydrogen-bond acceptors (Lipinski definition) is 5. The van der Waals surface area contributed by atoms with Crippen molar-refractivity contribution >= 4 is 46.8 Å². The lowest BCUT2D eigenvalue weighted by Gasteiger charge is -2.14. The summed E-state index contributed by atoms with van der Waals surface area (Å²) in [7, 11) is 0. The van der Waals surface area contributed by atoms with Crippen molar-refractivity contribution < 1.29 is 4.79 Å². The van der Waals surface area contributed by atoms with Crippen LogP contribution in [0.3, 0.4) is 0 Å². The highest BCUT2D eigenvalue weighted by atomic mass is 35.5. The number of amides is 1. The summed E-state index contributed by atoms with van der Waals surface area (Å²) in [6.45, 7) is 1.89. The second-order valence-electron chi connectivity index (χ2n) is 5.74. The molecule has 0 aliphatic carbocycles. The number of nitrogens with one attached hydrogen (secondary N) is 1. The van der Waals surface area contributed by atoms with Gasteiger partial charge in [-0.15, -0.1) is 0 Å². The average Bonchev–Trinajstić information content (AvgIpc) is 3.18. The Morgan fingerprint density at radius 3 is 2.58 bits per heavy atom. The van der Waals surface area contributed by atoms with E-state index in [0.717, 1.165) is 25.9 Å². The third kappa shape index (κ3) is 4.13. The SMILES string of the molecule is N#C/C(=C\c1cnc(N2CCCC2)nc1)C(=O)Nc1cccc(Cl)c1Cl. The summed E-state index contributed by atoms with van der Waals surface area (Å²) in [6, 6.07) is 6.76. The molecule has 1 saturated heterocycles. The molecule has 2 aromatic rings. The molecular formula is C18H15Cl2N5O. The zero-order valence-corrected chi connectivity index (χ0v) is 15.3. The normalized spacial score (nSPS) is 14.2. The molecule has 0 spiro atoms. The first-order valence-electron chi connectivity index (χ1n) is 8.02. The Hall–Kier alpha value is -2.62. The van der Waals surface area contributed by atoms with Gasteiger partial charge in [0.25, 0.3) is 5.91 Å². The van der Waals surface area contributed by atoms with Gasteiger partial charge in [-0.25, -0.2) is 9.97 Å². The van der Waals surface area contributed by atoms with Crippen molar-refractivity contribution in [2.45, 2.75) is 12.8 Å². The second kappa shape index (κ2) is 8.17. The van der Waals surface area contributed by atoms with Gasteiger partial charge in [0.05, 0.1) is 15.7 Å². The maximum atomic E-state index is 12.3. The number of carbonyl (C=O) groups is 1. The molecule has 3 rings (SSSR count). The Kier molecular flexibility index (Phi) is 5.71. The largest absolute Gasteiger partial charge is 0.341 e. The first-order chi connectivity index (χ1) is 12.6. The minimum atomic E-state index is -0.583. The highest BCUT2D eigenvalue weighted by Crippen LogP contribution is 2.29. The summed E-state index contributed by atoms with van der Waals surface area (Å²) in [5.41, 5.74) is 0.821. The summed E-state index contributed by atoms with van der Waals surface area (Å²) < 4.78 is 0. The number of halogens is 2. The third-order valence-electron chi connectivity index (χ3n) is 3.92. The quantitative estimate of drug-likeness (QED) is 0.634. The molecule has 0 unspecified atom stereocenters. The van der Waals surface area contributed by atoms with Crippen LogP contribution in [0, 0.1) is 11.3 Å². The third-order valence-corrected chi connectivity index (χ3v) is 4.74. The Morgan fingerprint density at radius 2 is 1.92 bits per heavy atom. The smallest absolute Gasteiger partial charge is 0.266 e. The Bertz CT molecular complexity index is 883. The summed E-state index contributed by atoms with van der Waals surface area (Å²) >= 11 is 12.0. The molecule has 2 heterocycles. The van der Waals surface area contributed by atoms with Crippen molar-refractivity contribution in [3.8, 4) is 6.07 Å². The standard InChI is InChI=1S/C18H15Cl2N5O/c19-14-4-3-5-15(16(14)20)24-17(26)13(9-21)8-12-10-22-18(23-11-12)25-6-1-2-7-25/h3-5,8,10-11H,1-2,6-7H2,(H,24,26)/b13-8+. The van der Waals surface area contributed by atoms with Gasteiger partial charge in [0.15, 0.2) is 0 Å². The van der Waals surface area contributed by atoms with Gasteiger partial charge >= 0.3 is 0 Å². The molecule has 1 aliphatic heterocycles. The number of nitriles is 1. The molecule has 1 aliphatic rings. The molecule has 1 fully saturated rings. The van der Waals surface area contributed by atoms with Crippen molar-refractivity contribution in [1.82, 2.24) is 9.97 Å². The van der Waals surface area contributed by atoms with E-state index in [0.29, 0.717) is 22.2 Å². The summed E-state index contributed by atoms with van der Waals surface area (Å²) in [5.74, 6) is 0.0774. The molecule has 0 atom stereocenters. The highest BCUT2D eigenvalue weighted by molar-refractivity contribution is 6.44. The van der Waals surface area contributed by atoms with E-state index in [-0.39, 0.29) is 10.6 Å². The van der Waals surface area contributed by atoms with Crippen LogP contribution in [0.25, 0.3) is 6.08 Å². The van der Waals surface area contributed by atoms with E-state index in [9.17, 15) is 10.1 Å². The molecule has 0 bridgehead atoms. The van der Waals surface area contributed by atoms with Gasteiger partial charge in [-0.1, -0.05) is 29.3 Å². The van der Waals surface area contributed by atoms with Gasteiger partial charge < -0.3 is 10.2 Å². The van der Waals surface area contributed by atoms with Crippen LogP contribution in [0.2, 0.25) is 10.0 Å². The minimum Gasteiger partial charge on any atom is -0.341 e. The van der Waals surface area contributed by atoms with Crippen LogP contribution in [-0.4, -0.2) is 29.0 Å². The van der Waals surface area contributed by atoms with E-state index < -0.39 is 5.91 Å². The molecule has 1 amide bonds. The number of carbonyl (C=O) groups excluding carboxylic acids is 1. The maximum absolute atomic E-state index is 12.3. The predicted molar refractivity (Wildman–Crippen MR) is 102 cm³/mol. The van der Waals surface area contributed by atoms with Crippen LogP contribution in [0.4, 0.5) is 11.6 Å². The van der Waals surface area contributed by atoms with Crippen LogP contribution < -0.4 is 10.2 Å². The Morgan fingerprint density at radius 1 is 1.23 bits per heavy atom. The highest BCUT2D eigenvalue weighted by Gasteiger charge is 2.15. The van der Waals surface area contributed by atoms with Crippen molar-refractivity contribution in [1.29, 1.82) is 5.26 Å². The van der Waals surface area contributed by atoms with E-state index in [1.807, 2.05) is 6.07 Å². The molecule has 1 aromatic carbocycles. The van der Waals surface area contributed by atoms with Crippen molar-refractivity contribution in [2.75, 3.05) is 23.3 Å². The van der Waals surface area contributed by atoms with Gasteiger partial charge in [0.2, 0.25) is 5.95 Å². The number of anilines is 2. The molecule has 6 nitrogen and oxygen atoms in total. The Balaban J connectivity index is 1.76. The predicted octanol–water partition coefficient (Wildman–Crippen LogP) is 3.93. The fraction of sp³-hybridized carbons (Fsp3) is 0.222. The number of nitrogens with zero attached hydrogens (tertiary/aromatic N) is 4. The molecule has 1 N–H and O–H groups in total. The van der Waals surface area contributed by atoms with Crippen molar-refractivity contribution in [2.24, 2.45) is 0 Å². The molecule has 8 heteroatoms. The van der Waals surface area contributed by atoms with E-state index in [4.69, 9.17) is 23.2 Å². The van der Waals surface area contributed by atoms with Gasteiger partial charge in [0.1, 0.15) is 11.6 Å². The van der Waals surface area contributed by atoms with Gasteiger partial charge in [0, 0.05) is 31.0 Å². The molecule has 132 valence electrons. The van der Waals surface area contributed by atoms with Crippen LogP contribution in [0.15, 0.2) is 36.2 Å². The molecule has 26 heavy (non-hydrogen) atoms. The topological polar surface area (TPSA) is 81.9 Å². The van der Waals surface area contributed by atoms with Crippen LogP contribution >= 0.6 is 23.2 Å². The molecular weight excluding hydrogens is 373 g/mol. The van der Waals surface area contributed by atoms with Crippen molar-refractivity contribution in [3.63, 3.8) is 0 Å². The number of aromatic nitrogens is 2. The summed E-state index contributed by atoms with van der Waals surface area (Å²) in [5, 5.41) is 12.4. The van der Waals surface area contributed by atoms with E-state index in [1.54, 1.807) is 30.6 Å². The number of benzene rings is 1. The molecule has 0 radical (unpaired) electrons. The maximum Gasteiger partial charge on any atom is 0.266 e. The van der Waals surface area contributed by atoms with Gasteiger partial charge in [-0.3, -0.25) is 4.79 Å². The minimum absolute atomic E-state index is 0.0847. The van der Waals surface area contributed by atoms with E-state index in [1.165, 1.54) is 6.08 Å². The van der Waals surface area contributed by atoms with Gasteiger partial charge in [-0.2, -0.15) is 5.26 Å². The van der Waals surface area contributed by atoms with Crippen LogP contribution in [0.5, 0.6) is 0 Å². The second-order valence-corrected chi connectivity index (χ2v) is 6.52. The lowest BCUT2D eigenvalue weighted by molar-refractivity contribution is -0.112. The van der Waals surface area contributed by atoms with Crippen LogP contribution in [-0.2, 0) is 4.79 Å².